The van der Waals surface area contributed by atoms with Gasteiger partial charge >= 0.3 is 5.97 Å². The number of esters is 1. The number of aromatic nitrogens is 1. The van der Waals surface area contributed by atoms with Crippen molar-refractivity contribution in [2.24, 2.45) is 0 Å². The van der Waals surface area contributed by atoms with Crippen molar-refractivity contribution in [1.29, 1.82) is 0 Å². The van der Waals surface area contributed by atoms with Gasteiger partial charge in [-0.15, -0.1) is 11.3 Å². The Morgan fingerprint density at radius 1 is 1.17 bits per heavy atom. The number of carbonyl (C=O) groups excluding carboxylic acids is 3. The Labute approximate surface area is 181 Å². The van der Waals surface area contributed by atoms with Crippen LogP contribution in [-0.4, -0.2) is 36.0 Å². The molecule has 0 bridgehead atoms. The van der Waals surface area contributed by atoms with Crippen molar-refractivity contribution in [3.63, 3.8) is 0 Å². The summed E-state index contributed by atoms with van der Waals surface area (Å²) in [5, 5.41) is 3.35. The predicted molar refractivity (Wildman–Crippen MR) is 109 cm³/mol. The fourth-order valence-corrected chi connectivity index (χ4v) is 3.28. The molecule has 29 heavy (non-hydrogen) atoms. The maximum Gasteiger partial charge on any atom is 0.306 e. The monoisotopic (exact) mass is 459 g/mol. The highest BCUT2D eigenvalue weighted by Gasteiger charge is 2.11. The summed E-state index contributed by atoms with van der Waals surface area (Å²) in [6.07, 6.45) is 0.494. The minimum Gasteiger partial charge on any atom is -0.492 e. The van der Waals surface area contributed by atoms with Crippen LogP contribution in [0.4, 0.5) is 0 Å². The number of nitrogens with zero attached hydrogens (tertiary/aromatic N) is 1. The fraction of sp³-hybridized carbons (Fsp3) is 0.333. The van der Waals surface area contributed by atoms with Gasteiger partial charge in [0, 0.05) is 22.5 Å². The van der Waals surface area contributed by atoms with Crippen molar-refractivity contribution >= 4 is 52.3 Å². The van der Waals surface area contributed by atoms with Gasteiger partial charge in [-0.25, -0.2) is 4.98 Å². The lowest BCUT2D eigenvalue weighted by atomic mass is 10.3. The molecular formula is C18H19Cl2N3O5S. The molecule has 2 rings (SSSR count). The van der Waals surface area contributed by atoms with E-state index in [1.54, 1.807) is 18.2 Å². The molecule has 11 heteroatoms. The number of ether oxygens (including phenoxy) is 2. The molecule has 0 radical (unpaired) electrons. The number of hydrazine groups is 1. The molecule has 156 valence electrons. The number of carbonyl (C=O) groups is 3. The molecule has 0 saturated carbocycles. The molecular weight excluding hydrogens is 441 g/mol. The number of amides is 2. The van der Waals surface area contributed by atoms with Crippen LogP contribution in [0.5, 0.6) is 5.75 Å². The molecule has 0 spiro atoms. The second-order valence-electron chi connectivity index (χ2n) is 5.84. The Hall–Kier alpha value is -2.36. The second kappa shape index (κ2) is 11.6. The topological polar surface area (TPSA) is 107 Å². The van der Waals surface area contributed by atoms with Gasteiger partial charge < -0.3 is 9.47 Å². The average molecular weight is 460 g/mol. The molecule has 8 nitrogen and oxygen atoms in total. The van der Waals surface area contributed by atoms with E-state index < -0.39 is 24.4 Å². The van der Waals surface area contributed by atoms with E-state index in [0.717, 1.165) is 5.69 Å². The molecule has 0 aliphatic rings. The quantitative estimate of drug-likeness (QED) is 0.339. The van der Waals surface area contributed by atoms with Gasteiger partial charge in [-0.2, -0.15) is 0 Å². The number of aryl methyl sites for hydroxylation is 1. The van der Waals surface area contributed by atoms with Crippen LogP contribution in [0.1, 0.15) is 23.5 Å². The van der Waals surface area contributed by atoms with Gasteiger partial charge in [0.1, 0.15) is 10.8 Å². The van der Waals surface area contributed by atoms with Crippen LogP contribution in [0.25, 0.3) is 0 Å². The van der Waals surface area contributed by atoms with Crippen LogP contribution in [0.15, 0.2) is 23.6 Å². The number of thiazole rings is 1. The lowest BCUT2D eigenvalue weighted by Gasteiger charge is -2.09. The highest BCUT2D eigenvalue weighted by molar-refractivity contribution is 7.09. The number of hydrogen-bond donors (Lipinski definition) is 2. The zero-order chi connectivity index (χ0) is 21.2. The average Bonchev–Trinajstić information content (AvgIpc) is 3.07. The first-order valence-corrected chi connectivity index (χ1v) is 10.2. The number of hydrogen-bond acceptors (Lipinski definition) is 7. The highest BCUT2D eigenvalue weighted by Crippen LogP contribution is 2.27. The van der Waals surface area contributed by atoms with Gasteiger partial charge in [0.05, 0.1) is 18.1 Å². The third kappa shape index (κ3) is 8.68. The number of halogens is 2. The van der Waals surface area contributed by atoms with E-state index >= 15 is 0 Å². The van der Waals surface area contributed by atoms with Gasteiger partial charge in [0.25, 0.3) is 5.91 Å². The van der Waals surface area contributed by atoms with Crippen LogP contribution in [0.3, 0.4) is 0 Å². The summed E-state index contributed by atoms with van der Waals surface area (Å²) in [5.41, 5.74) is 5.24. The van der Waals surface area contributed by atoms with E-state index in [-0.39, 0.29) is 19.4 Å². The van der Waals surface area contributed by atoms with Crippen LogP contribution in [0, 0.1) is 6.92 Å². The lowest BCUT2D eigenvalue weighted by molar-refractivity contribution is -0.149. The minimum atomic E-state index is -0.647. The second-order valence-corrected chi connectivity index (χ2v) is 7.63. The van der Waals surface area contributed by atoms with E-state index in [1.165, 1.54) is 11.3 Å². The first kappa shape index (κ1) is 22.9. The van der Waals surface area contributed by atoms with E-state index in [9.17, 15) is 14.4 Å². The summed E-state index contributed by atoms with van der Waals surface area (Å²) in [7, 11) is 0. The Kier molecular flexibility index (Phi) is 9.17. The first-order chi connectivity index (χ1) is 13.8. The largest absolute Gasteiger partial charge is 0.492 e. The van der Waals surface area contributed by atoms with Gasteiger partial charge in [-0.3, -0.25) is 25.2 Å². The normalized spacial score (nSPS) is 10.3. The fourth-order valence-electron chi connectivity index (χ4n) is 2.05. The molecule has 1 heterocycles. The Balaban J connectivity index is 1.56. The maximum atomic E-state index is 11.7. The van der Waals surface area contributed by atoms with Gasteiger partial charge in [0.15, 0.2) is 6.61 Å². The molecule has 0 atom stereocenters. The van der Waals surface area contributed by atoms with Crippen molar-refractivity contribution < 1.29 is 23.9 Å². The van der Waals surface area contributed by atoms with Crippen LogP contribution >= 0.6 is 34.5 Å². The van der Waals surface area contributed by atoms with Crippen molar-refractivity contribution in [1.82, 2.24) is 15.8 Å². The van der Waals surface area contributed by atoms with Gasteiger partial charge in [-0.1, -0.05) is 23.2 Å². The van der Waals surface area contributed by atoms with Gasteiger partial charge in [0.2, 0.25) is 5.91 Å². The van der Waals surface area contributed by atoms with Crippen molar-refractivity contribution in [3.8, 4) is 5.75 Å². The third-order valence-corrected chi connectivity index (χ3v) is 4.86. The predicted octanol–water partition coefficient (Wildman–Crippen LogP) is 2.85. The summed E-state index contributed by atoms with van der Waals surface area (Å²) < 4.78 is 10.3. The standard InChI is InChI=1S/C18H19Cl2N3O5S/c1-11-10-29-17(21-11)8-15(24)22-23-16(25)9-28-18(26)3-2-6-27-14-5-4-12(19)7-13(14)20/h4-5,7,10H,2-3,6,8-9H2,1H3,(H,22,24)(H,23,25). The highest BCUT2D eigenvalue weighted by atomic mass is 35.5. The summed E-state index contributed by atoms with van der Waals surface area (Å²) in [5.74, 6) is -1.16. The summed E-state index contributed by atoms with van der Waals surface area (Å²) >= 11 is 13.1. The first-order valence-electron chi connectivity index (χ1n) is 8.55. The Morgan fingerprint density at radius 3 is 2.62 bits per heavy atom. The Morgan fingerprint density at radius 2 is 1.93 bits per heavy atom. The summed E-state index contributed by atoms with van der Waals surface area (Å²) in [6, 6.07) is 4.84. The third-order valence-electron chi connectivity index (χ3n) is 3.36. The van der Waals surface area contributed by atoms with Crippen molar-refractivity contribution in [3.05, 3.63) is 44.3 Å². The number of nitrogens with one attached hydrogen (secondary N) is 2. The van der Waals surface area contributed by atoms with E-state index in [1.807, 2.05) is 12.3 Å². The smallest absolute Gasteiger partial charge is 0.306 e. The number of rotatable bonds is 9. The van der Waals surface area contributed by atoms with E-state index in [4.69, 9.17) is 32.7 Å². The van der Waals surface area contributed by atoms with E-state index in [2.05, 4.69) is 15.8 Å². The molecule has 1 aromatic carbocycles. The molecule has 0 unspecified atom stereocenters. The minimum absolute atomic E-state index is 0.0518. The number of benzene rings is 1. The van der Waals surface area contributed by atoms with Crippen LogP contribution in [0.2, 0.25) is 10.0 Å². The lowest BCUT2D eigenvalue weighted by Crippen LogP contribution is -2.44. The van der Waals surface area contributed by atoms with Crippen molar-refractivity contribution in [2.45, 2.75) is 26.2 Å². The molecule has 2 N–H and O–H groups in total. The molecule has 0 fully saturated rings. The van der Waals surface area contributed by atoms with Crippen LogP contribution < -0.4 is 15.6 Å². The zero-order valence-corrected chi connectivity index (χ0v) is 17.8. The molecule has 1 aromatic heterocycles. The summed E-state index contributed by atoms with van der Waals surface area (Å²) in [4.78, 5) is 39.1. The van der Waals surface area contributed by atoms with Gasteiger partial charge in [-0.05, 0) is 31.5 Å². The van der Waals surface area contributed by atoms with Crippen molar-refractivity contribution in [2.75, 3.05) is 13.2 Å². The molecule has 0 aliphatic heterocycles. The zero-order valence-electron chi connectivity index (χ0n) is 15.5. The van der Waals surface area contributed by atoms with E-state index in [0.29, 0.717) is 27.2 Å². The van der Waals surface area contributed by atoms with Crippen LogP contribution in [-0.2, 0) is 25.5 Å². The summed E-state index contributed by atoms with van der Waals surface area (Å²) in [6.45, 7) is 1.57. The molecule has 2 aromatic rings. The SMILES string of the molecule is Cc1csc(CC(=O)NNC(=O)COC(=O)CCCOc2ccc(Cl)cc2Cl)n1. The maximum absolute atomic E-state index is 11.7. The molecule has 0 saturated heterocycles. The molecule has 0 aliphatic carbocycles. The molecule has 2 amide bonds. The Bertz CT molecular complexity index is 875.